The van der Waals surface area contributed by atoms with Crippen LogP contribution in [0.3, 0.4) is 0 Å². The molecule has 0 radical (unpaired) electrons. The molecule has 0 fully saturated rings. The van der Waals surface area contributed by atoms with Gasteiger partial charge < -0.3 is 13.3 Å². The summed E-state index contributed by atoms with van der Waals surface area (Å²) >= 11 is 0. The van der Waals surface area contributed by atoms with E-state index in [2.05, 4.69) is 17.1 Å². The Kier molecular flexibility index (Phi) is 4.77. The zero-order valence-corrected chi connectivity index (χ0v) is 10.2. The van der Waals surface area contributed by atoms with E-state index in [1.54, 1.807) is 21.3 Å². The van der Waals surface area contributed by atoms with Gasteiger partial charge in [-0.05, 0) is 6.42 Å². The van der Waals surface area contributed by atoms with Crippen LogP contribution in [-0.4, -0.2) is 54.3 Å². The zero-order valence-electron chi connectivity index (χ0n) is 9.16. The first-order valence-electron chi connectivity index (χ1n) is 4.79. The lowest BCUT2D eigenvalue weighted by Crippen LogP contribution is -2.54. The molecule has 0 N–H and O–H groups in total. The van der Waals surface area contributed by atoms with Crippen molar-refractivity contribution in [2.75, 3.05) is 40.6 Å². The molecule has 0 aromatic heterocycles. The third-order valence-corrected chi connectivity index (χ3v) is 5.19. The highest BCUT2D eigenvalue weighted by Gasteiger charge is 2.39. The highest BCUT2D eigenvalue weighted by atomic mass is 28.4. The average molecular weight is 217 g/mol. The molecule has 0 spiro atoms. The normalized spacial score (nSPS) is 18.8. The topological polar surface area (TPSA) is 30.9 Å². The molecule has 0 aromatic carbocycles. The lowest BCUT2D eigenvalue weighted by molar-refractivity contribution is 0.104. The molecule has 0 amide bonds. The van der Waals surface area contributed by atoms with E-state index in [1.807, 2.05) is 0 Å². The van der Waals surface area contributed by atoms with Crippen LogP contribution in [0.2, 0.25) is 0 Å². The Bertz CT molecular complexity index is 186. The van der Waals surface area contributed by atoms with Crippen LogP contribution in [0.15, 0.2) is 12.2 Å². The van der Waals surface area contributed by atoms with E-state index in [4.69, 9.17) is 13.3 Å². The molecule has 0 bridgehead atoms. The molecule has 0 saturated carbocycles. The Morgan fingerprint density at radius 1 is 1.14 bits per heavy atom. The second kappa shape index (κ2) is 5.62. The molecule has 0 aliphatic carbocycles. The van der Waals surface area contributed by atoms with Crippen molar-refractivity contribution in [1.82, 2.24) is 4.90 Å². The van der Waals surface area contributed by atoms with Gasteiger partial charge in [0.25, 0.3) is 0 Å². The van der Waals surface area contributed by atoms with Crippen molar-refractivity contribution in [2.24, 2.45) is 0 Å². The summed E-state index contributed by atoms with van der Waals surface area (Å²) in [6.07, 6.45) is 6.23. The molecule has 0 aromatic rings. The second-order valence-electron chi connectivity index (χ2n) is 3.29. The van der Waals surface area contributed by atoms with E-state index >= 15 is 0 Å². The van der Waals surface area contributed by atoms with Crippen molar-refractivity contribution in [3.8, 4) is 0 Å². The summed E-state index contributed by atoms with van der Waals surface area (Å²) in [4.78, 5) is 2.29. The van der Waals surface area contributed by atoms with Crippen LogP contribution in [0, 0.1) is 0 Å². The van der Waals surface area contributed by atoms with Crippen LogP contribution in [-0.2, 0) is 13.3 Å². The van der Waals surface area contributed by atoms with E-state index in [0.29, 0.717) is 0 Å². The lowest BCUT2D eigenvalue weighted by atomic mass is 10.3. The van der Waals surface area contributed by atoms with Gasteiger partial charge in [-0.25, -0.2) is 0 Å². The summed E-state index contributed by atoms with van der Waals surface area (Å²) in [5.41, 5.74) is 0. The summed E-state index contributed by atoms with van der Waals surface area (Å²) < 4.78 is 16.1. The van der Waals surface area contributed by atoms with E-state index in [-0.39, 0.29) is 0 Å². The molecule has 82 valence electrons. The first-order chi connectivity index (χ1) is 6.76. The first-order valence-corrected chi connectivity index (χ1v) is 6.72. The maximum absolute atomic E-state index is 5.37. The molecule has 4 nitrogen and oxygen atoms in total. The van der Waals surface area contributed by atoms with Crippen LogP contribution in [0.4, 0.5) is 0 Å². The van der Waals surface area contributed by atoms with Gasteiger partial charge in [0, 0.05) is 34.4 Å². The molecule has 1 aliphatic rings. The van der Waals surface area contributed by atoms with Crippen LogP contribution in [0.5, 0.6) is 0 Å². The summed E-state index contributed by atoms with van der Waals surface area (Å²) in [7, 11) is 2.54. The fraction of sp³-hybridized carbons (Fsp3) is 0.778. The maximum Gasteiger partial charge on any atom is 0.514 e. The van der Waals surface area contributed by atoms with Gasteiger partial charge in [-0.3, -0.25) is 4.90 Å². The quantitative estimate of drug-likeness (QED) is 0.500. The summed E-state index contributed by atoms with van der Waals surface area (Å²) in [6.45, 7) is 2.02. The molecule has 1 rings (SSSR count). The highest BCUT2D eigenvalue weighted by Crippen LogP contribution is 2.11. The molecule has 1 heterocycles. The number of rotatable bonds is 5. The van der Waals surface area contributed by atoms with Crippen LogP contribution >= 0.6 is 0 Å². The number of hydrogen-bond acceptors (Lipinski definition) is 4. The minimum absolute atomic E-state index is 0.765. The van der Waals surface area contributed by atoms with Crippen molar-refractivity contribution < 1.29 is 13.3 Å². The van der Waals surface area contributed by atoms with Gasteiger partial charge in [0.2, 0.25) is 0 Å². The van der Waals surface area contributed by atoms with Crippen molar-refractivity contribution in [3.05, 3.63) is 12.2 Å². The first kappa shape index (κ1) is 11.9. The standard InChI is InChI=1S/C9H19NO3Si/c1-11-14(12-2,13-3)9-10-7-5-4-6-8-10/h4-5H,6-9H2,1-3H3. The fourth-order valence-corrected chi connectivity index (χ4v) is 3.27. The molecule has 5 heteroatoms. The third-order valence-electron chi connectivity index (χ3n) is 2.49. The third kappa shape index (κ3) is 2.89. The average Bonchev–Trinajstić information content (AvgIpc) is 2.28. The zero-order chi connectivity index (χ0) is 10.4. The van der Waals surface area contributed by atoms with Crippen LogP contribution in [0.25, 0.3) is 0 Å². The summed E-state index contributed by atoms with van der Waals surface area (Å²) in [5.74, 6) is 0. The molecular weight excluding hydrogens is 198 g/mol. The highest BCUT2D eigenvalue weighted by molar-refractivity contribution is 6.60. The fourth-order valence-electron chi connectivity index (χ4n) is 1.55. The van der Waals surface area contributed by atoms with Crippen LogP contribution < -0.4 is 0 Å². The van der Waals surface area contributed by atoms with Gasteiger partial charge in [-0.2, -0.15) is 0 Å². The van der Waals surface area contributed by atoms with Gasteiger partial charge in [0.15, 0.2) is 0 Å². The Hall–Kier alpha value is -0.203. The molecule has 1 aliphatic heterocycles. The van der Waals surface area contributed by atoms with Crippen molar-refractivity contribution in [2.45, 2.75) is 6.42 Å². The SMILES string of the molecule is CO[Si](CN1CC=CCC1)(OC)OC. The lowest BCUT2D eigenvalue weighted by Gasteiger charge is -2.31. The predicted molar refractivity (Wildman–Crippen MR) is 57.0 cm³/mol. The Labute approximate surface area is 86.8 Å². The van der Waals surface area contributed by atoms with Gasteiger partial charge in [-0.15, -0.1) is 0 Å². The van der Waals surface area contributed by atoms with Gasteiger partial charge in [-0.1, -0.05) is 12.2 Å². The largest absolute Gasteiger partial charge is 0.514 e. The minimum Gasteiger partial charge on any atom is -0.376 e. The van der Waals surface area contributed by atoms with Gasteiger partial charge in [0.05, 0.1) is 6.17 Å². The number of hydrogen-bond donors (Lipinski definition) is 0. The summed E-state index contributed by atoms with van der Waals surface area (Å²) in [5, 5.41) is 0. The predicted octanol–water partition coefficient (Wildman–Crippen LogP) is 0.666. The van der Waals surface area contributed by atoms with E-state index in [0.717, 1.165) is 25.7 Å². The van der Waals surface area contributed by atoms with Gasteiger partial charge in [0.1, 0.15) is 0 Å². The number of nitrogens with zero attached hydrogens (tertiary/aromatic N) is 1. The van der Waals surface area contributed by atoms with Gasteiger partial charge >= 0.3 is 8.80 Å². The molecule has 0 saturated heterocycles. The van der Waals surface area contributed by atoms with Crippen molar-refractivity contribution in [1.29, 1.82) is 0 Å². The maximum atomic E-state index is 5.37. The molecule has 0 unspecified atom stereocenters. The summed E-state index contributed by atoms with van der Waals surface area (Å²) in [6, 6.07) is 0. The molecule has 14 heavy (non-hydrogen) atoms. The van der Waals surface area contributed by atoms with E-state index < -0.39 is 8.80 Å². The molecular formula is C9H19NO3Si. The van der Waals surface area contributed by atoms with E-state index in [9.17, 15) is 0 Å². The Morgan fingerprint density at radius 2 is 1.79 bits per heavy atom. The van der Waals surface area contributed by atoms with Crippen molar-refractivity contribution in [3.63, 3.8) is 0 Å². The Morgan fingerprint density at radius 3 is 2.21 bits per heavy atom. The van der Waals surface area contributed by atoms with Crippen molar-refractivity contribution >= 4 is 8.80 Å². The minimum atomic E-state index is -2.41. The second-order valence-corrected chi connectivity index (χ2v) is 6.20. The van der Waals surface area contributed by atoms with Crippen LogP contribution in [0.1, 0.15) is 6.42 Å². The van der Waals surface area contributed by atoms with E-state index in [1.165, 1.54) is 0 Å². The smallest absolute Gasteiger partial charge is 0.376 e. The molecule has 0 atom stereocenters. The monoisotopic (exact) mass is 217 g/mol. The Balaban J connectivity index is 2.49.